The lowest BCUT2D eigenvalue weighted by Gasteiger charge is -2.17. The Labute approximate surface area is 116 Å². The van der Waals surface area contributed by atoms with Crippen LogP contribution in [0.15, 0.2) is 0 Å². The predicted octanol–water partition coefficient (Wildman–Crippen LogP) is 2.74. The lowest BCUT2D eigenvalue weighted by atomic mass is 10.1. The highest BCUT2D eigenvalue weighted by Gasteiger charge is 2.18. The van der Waals surface area contributed by atoms with Crippen LogP contribution in [-0.4, -0.2) is 36.0 Å². The van der Waals surface area contributed by atoms with Gasteiger partial charge in [0.15, 0.2) is 0 Å². The number of likely N-dealkylation sites (N-methyl/N-ethyl adjacent to an activating group) is 1. The van der Waals surface area contributed by atoms with Crippen LogP contribution in [0.25, 0.3) is 0 Å². The Hall–Kier alpha value is -1.19. The quantitative estimate of drug-likeness (QED) is 0.311. The number of carbonyl (C=O) groups excluding carboxylic acids is 3. The van der Waals surface area contributed by atoms with Crippen molar-refractivity contribution < 1.29 is 14.4 Å². The molecule has 4 heteroatoms. The topological polar surface area (TPSA) is 54.5 Å². The first-order valence-electron chi connectivity index (χ1n) is 7.43. The third-order valence-electron chi connectivity index (χ3n) is 3.27. The summed E-state index contributed by atoms with van der Waals surface area (Å²) in [5.41, 5.74) is 0. The lowest BCUT2D eigenvalue weighted by Crippen LogP contribution is -2.36. The van der Waals surface area contributed by atoms with Gasteiger partial charge in [-0.3, -0.25) is 9.59 Å². The molecular weight excluding hydrogens is 242 g/mol. The molecular formula is C15H27NO3. The molecule has 1 amide bonds. The van der Waals surface area contributed by atoms with Gasteiger partial charge in [0.05, 0.1) is 0 Å². The number of nitrogens with zero attached hydrogens (tertiary/aromatic N) is 1. The molecule has 4 nitrogen and oxygen atoms in total. The molecule has 0 bridgehead atoms. The van der Waals surface area contributed by atoms with Gasteiger partial charge in [-0.05, 0) is 26.7 Å². The van der Waals surface area contributed by atoms with Crippen LogP contribution in [0.4, 0.5) is 0 Å². The summed E-state index contributed by atoms with van der Waals surface area (Å²) in [6.07, 6.45) is 7.96. The second-order valence-corrected chi connectivity index (χ2v) is 4.73. The van der Waals surface area contributed by atoms with Gasteiger partial charge in [-0.15, -0.1) is 0 Å². The van der Waals surface area contributed by atoms with Crippen molar-refractivity contribution in [3.05, 3.63) is 0 Å². The molecule has 0 aliphatic carbocycles. The van der Waals surface area contributed by atoms with E-state index in [1.54, 1.807) is 4.90 Å². The highest BCUT2D eigenvalue weighted by molar-refractivity contribution is 6.36. The number of Topliss-reactive ketones (excluding diaryl/α,β-unsaturated/α-hetero) is 1. The van der Waals surface area contributed by atoms with E-state index in [1.165, 1.54) is 0 Å². The fourth-order valence-electron chi connectivity index (χ4n) is 2.01. The van der Waals surface area contributed by atoms with Crippen molar-refractivity contribution in [2.75, 3.05) is 13.1 Å². The Morgan fingerprint density at radius 1 is 0.895 bits per heavy atom. The summed E-state index contributed by atoms with van der Waals surface area (Å²) in [7, 11) is 0. The summed E-state index contributed by atoms with van der Waals surface area (Å²) in [5, 5.41) is 0. The van der Waals surface area contributed by atoms with Crippen molar-refractivity contribution in [3.63, 3.8) is 0 Å². The van der Waals surface area contributed by atoms with Crippen LogP contribution >= 0.6 is 0 Å². The average Bonchev–Trinajstić information content (AvgIpc) is 2.42. The third kappa shape index (κ3) is 8.51. The summed E-state index contributed by atoms with van der Waals surface area (Å²) in [5.74, 6) is -0.597. The molecule has 0 N–H and O–H groups in total. The minimum Gasteiger partial charge on any atom is -0.337 e. The fourth-order valence-corrected chi connectivity index (χ4v) is 2.01. The van der Waals surface area contributed by atoms with E-state index in [4.69, 9.17) is 0 Å². The van der Waals surface area contributed by atoms with Crippen LogP contribution in [0.3, 0.4) is 0 Å². The molecule has 0 rings (SSSR count). The Bertz CT molecular complexity index is 273. The first-order chi connectivity index (χ1) is 9.17. The van der Waals surface area contributed by atoms with Crippen LogP contribution in [0.2, 0.25) is 0 Å². The summed E-state index contributed by atoms with van der Waals surface area (Å²) in [4.78, 5) is 35.0. The highest BCUT2D eigenvalue weighted by atomic mass is 16.2. The number of hydrogen-bond donors (Lipinski definition) is 0. The molecule has 0 fully saturated rings. The predicted molar refractivity (Wildman–Crippen MR) is 75.9 cm³/mol. The number of carbonyl (C=O) groups is 3. The van der Waals surface area contributed by atoms with Gasteiger partial charge in [-0.2, -0.15) is 0 Å². The Morgan fingerprint density at radius 3 is 1.95 bits per heavy atom. The van der Waals surface area contributed by atoms with E-state index in [1.807, 2.05) is 13.8 Å². The van der Waals surface area contributed by atoms with Crippen molar-refractivity contribution in [2.24, 2.45) is 0 Å². The van der Waals surface area contributed by atoms with Gasteiger partial charge in [-0.1, -0.05) is 25.7 Å². The minimum atomic E-state index is -0.337. The molecule has 0 aromatic rings. The molecule has 0 unspecified atom stereocenters. The molecule has 0 heterocycles. The maximum absolute atomic E-state index is 11.7. The maximum Gasteiger partial charge on any atom is 0.289 e. The van der Waals surface area contributed by atoms with Gasteiger partial charge < -0.3 is 9.69 Å². The molecule has 0 saturated carbocycles. The lowest BCUT2D eigenvalue weighted by molar-refractivity contribution is -0.144. The minimum absolute atomic E-state index is 0.260. The zero-order chi connectivity index (χ0) is 14.5. The van der Waals surface area contributed by atoms with Gasteiger partial charge in [0.1, 0.15) is 6.29 Å². The average molecular weight is 269 g/mol. The largest absolute Gasteiger partial charge is 0.337 e. The molecule has 0 aromatic heterocycles. The van der Waals surface area contributed by atoms with Crippen molar-refractivity contribution in [3.8, 4) is 0 Å². The van der Waals surface area contributed by atoms with Crippen LogP contribution in [0, 0.1) is 0 Å². The molecule has 0 aliphatic heterocycles. The van der Waals surface area contributed by atoms with Gasteiger partial charge in [0.25, 0.3) is 5.91 Å². The van der Waals surface area contributed by atoms with E-state index in [2.05, 4.69) is 0 Å². The standard InChI is InChI=1S/C15H27NO3/c1-3-16(4-2)15(19)14(18)12-10-8-6-5-7-9-11-13-17/h13H,3-12H2,1-2H3. The van der Waals surface area contributed by atoms with E-state index < -0.39 is 0 Å². The van der Waals surface area contributed by atoms with Gasteiger partial charge >= 0.3 is 0 Å². The van der Waals surface area contributed by atoms with Crippen molar-refractivity contribution >= 4 is 18.0 Å². The zero-order valence-corrected chi connectivity index (χ0v) is 12.3. The van der Waals surface area contributed by atoms with Crippen molar-refractivity contribution in [1.82, 2.24) is 4.90 Å². The molecule has 0 atom stereocenters. The van der Waals surface area contributed by atoms with E-state index in [0.29, 0.717) is 25.9 Å². The van der Waals surface area contributed by atoms with E-state index in [0.717, 1.165) is 44.8 Å². The number of aldehydes is 1. The Morgan fingerprint density at radius 2 is 1.42 bits per heavy atom. The first-order valence-corrected chi connectivity index (χ1v) is 7.43. The monoisotopic (exact) mass is 269 g/mol. The fraction of sp³-hybridized carbons (Fsp3) is 0.800. The molecule has 19 heavy (non-hydrogen) atoms. The molecule has 0 aromatic carbocycles. The van der Waals surface area contributed by atoms with Crippen LogP contribution < -0.4 is 0 Å². The third-order valence-corrected chi connectivity index (χ3v) is 3.27. The molecule has 110 valence electrons. The summed E-state index contributed by atoms with van der Waals surface area (Å²) in [6.45, 7) is 4.96. The maximum atomic E-state index is 11.7. The first kappa shape index (κ1) is 17.8. The summed E-state index contributed by atoms with van der Waals surface area (Å²) < 4.78 is 0. The molecule has 0 aliphatic rings. The summed E-state index contributed by atoms with van der Waals surface area (Å²) in [6, 6.07) is 0. The Balaban J connectivity index is 3.58. The van der Waals surface area contributed by atoms with Crippen molar-refractivity contribution in [2.45, 2.75) is 65.2 Å². The van der Waals surface area contributed by atoms with Crippen molar-refractivity contribution in [1.29, 1.82) is 0 Å². The van der Waals surface area contributed by atoms with E-state index in [9.17, 15) is 14.4 Å². The summed E-state index contributed by atoms with van der Waals surface area (Å²) >= 11 is 0. The Kier molecular flexibility index (Phi) is 11.1. The number of hydrogen-bond acceptors (Lipinski definition) is 3. The number of ketones is 1. The second-order valence-electron chi connectivity index (χ2n) is 4.73. The number of amides is 1. The van der Waals surface area contributed by atoms with Gasteiger partial charge in [0.2, 0.25) is 5.78 Å². The molecule has 0 spiro atoms. The number of unbranched alkanes of at least 4 members (excludes halogenated alkanes) is 6. The molecule has 0 radical (unpaired) electrons. The smallest absolute Gasteiger partial charge is 0.289 e. The van der Waals surface area contributed by atoms with Gasteiger partial charge in [0, 0.05) is 25.9 Å². The zero-order valence-electron chi connectivity index (χ0n) is 12.3. The molecule has 0 saturated heterocycles. The van der Waals surface area contributed by atoms with Crippen LogP contribution in [-0.2, 0) is 14.4 Å². The number of rotatable bonds is 12. The highest BCUT2D eigenvalue weighted by Crippen LogP contribution is 2.09. The second kappa shape index (κ2) is 11.9. The van der Waals surface area contributed by atoms with Gasteiger partial charge in [-0.25, -0.2) is 0 Å². The normalized spacial score (nSPS) is 10.2. The van der Waals surface area contributed by atoms with Crippen LogP contribution in [0.1, 0.15) is 65.2 Å². The SMILES string of the molecule is CCN(CC)C(=O)C(=O)CCCCCCCCC=O. The van der Waals surface area contributed by atoms with Crippen LogP contribution in [0.5, 0.6) is 0 Å². The van der Waals surface area contributed by atoms with E-state index >= 15 is 0 Å². The van der Waals surface area contributed by atoms with E-state index in [-0.39, 0.29) is 11.7 Å².